The molecule has 0 aliphatic rings. The molecule has 18 heavy (non-hydrogen) atoms. The van der Waals surface area contributed by atoms with Crippen molar-refractivity contribution in [2.75, 3.05) is 12.9 Å². The van der Waals surface area contributed by atoms with Gasteiger partial charge in [-0.2, -0.15) is 14.6 Å². The van der Waals surface area contributed by atoms with E-state index in [2.05, 4.69) is 15.1 Å². The Kier molecular flexibility index (Phi) is 3.81. The summed E-state index contributed by atoms with van der Waals surface area (Å²) in [5.41, 5.74) is 0.878. The Morgan fingerprint density at radius 2 is 2.39 bits per heavy atom. The zero-order valence-electron chi connectivity index (χ0n) is 10.5. The molecular formula is C11H14N4O2S. The summed E-state index contributed by atoms with van der Waals surface area (Å²) in [6.45, 7) is 3.74. The van der Waals surface area contributed by atoms with Gasteiger partial charge in [-0.3, -0.25) is 4.79 Å². The fourth-order valence-electron chi connectivity index (χ4n) is 1.48. The van der Waals surface area contributed by atoms with Crippen LogP contribution in [0.1, 0.15) is 12.6 Å². The van der Waals surface area contributed by atoms with Crippen LogP contribution in [0.5, 0.6) is 0 Å². The summed E-state index contributed by atoms with van der Waals surface area (Å²) in [6.07, 6.45) is 1.47. The van der Waals surface area contributed by atoms with Gasteiger partial charge in [-0.05, 0) is 13.0 Å². The Balaban J connectivity index is 2.16. The summed E-state index contributed by atoms with van der Waals surface area (Å²) in [4.78, 5) is 19.6. The van der Waals surface area contributed by atoms with Crippen LogP contribution in [-0.4, -0.2) is 38.4 Å². The van der Waals surface area contributed by atoms with E-state index in [1.165, 1.54) is 13.4 Å². The number of carbonyl (C=O) groups excluding carboxylic acids is 1. The molecule has 6 nitrogen and oxygen atoms in total. The summed E-state index contributed by atoms with van der Waals surface area (Å²) >= 11 is 1.54. The van der Waals surface area contributed by atoms with E-state index in [1.54, 1.807) is 16.3 Å². The first-order valence-corrected chi connectivity index (χ1v) is 6.48. The minimum atomic E-state index is -0.205. The highest BCUT2D eigenvalue weighted by molar-refractivity contribution is 7.99. The number of thioether (sulfide) groups is 1. The molecule has 2 heterocycles. The average molecular weight is 266 g/mol. The second-order valence-electron chi connectivity index (χ2n) is 3.94. The van der Waals surface area contributed by atoms with Gasteiger partial charge >= 0.3 is 5.97 Å². The van der Waals surface area contributed by atoms with E-state index in [0.717, 1.165) is 10.7 Å². The monoisotopic (exact) mass is 266 g/mol. The molecule has 2 aromatic rings. The van der Waals surface area contributed by atoms with Crippen LogP contribution in [0.25, 0.3) is 5.78 Å². The van der Waals surface area contributed by atoms with E-state index in [1.807, 2.05) is 19.9 Å². The lowest BCUT2D eigenvalue weighted by molar-refractivity contribution is -0.143. The molecule has 0 aliphatic carbocycles. The van der Waals surface area contributed by atoms with Crippen LogP contribution in [0.4, 0.5) is 0 Å². The van der Waals surface area contributed by atoms with E-state index in [0.29, 0.717) is 11.5 Å². The van der Waals surface area contributed by atoms with Gasteiger partial charge in [0.05, 0.1) is 13.0 Å². The summed E-state index contributed by atoms with van der Waals surface area (Å²) in [6, 6.07) is 1.93. The van der Waals surface area contributed by atoms with Crippen LogP contribution in [0.15, 0.2) is 17.4 Å². The predicted octanol–water partition coefficient (Wildman–Crippen LogP) is 1.33. The molecule has 0 fully saturated rings. The van der Waals surface area contributed by atoms with Crippen molar-refractivity contribution in [1.82, 2.24) is 19.6 Å². The summed E-state index contributed by atoms with van der Waals surface area (Å²) in [5.74, 6) is 0.837. The molecule has 7 heteroatoms. The molecule has 0 aromatic carbocycles. The molecule has 0 spiro atoms. The van der Waals surface area contributed by atoms with Crippen LogP contribution in [0.2, 0.25) is 0 Å². The number of hydrogen-bond donors (Lipinski definition) is 0. The first-order valence-electron chi connectivity index (χ1n) is 5.50. The first kappa shape index (κ1) is 12.8. The van der Waals surface area contributed by atoms with Crippen LogP contribution >= 0.6 is 11.8 Å². The molecule has 1 unspecified atom stereocenters. The first-order chi connectivity index (χ1) is 8.61. The molecular weight excluding hydrogens is 252 g/mol. The van der Waals surface area contributed by atoms with Gasteiger partial charge in [0.2, 0.25) is 0 Å². The van der Waals surface area contributed by atoms with Crippen molar-refractivity contribution in [3.63, 3.8) is 0 Å². The Labute approximate surface area is 109 Å². The number of ether oxygens (including phenoxy) is 1. The third-order valence-corrected chi connectivity index (χ3v) is 3.69. The van der Waals surface area contributed by atoms with Crippen LogP contribution in [0.3, 0.4) is 0 Å². The highest BCUT2D eigenvalue weighted by atomic mass is 32.2. The molecule has 0 saturated heterocycles. The predicted molar refractivity (Wildman–Crippen MR) is 67.4 cm³/mol. The maximum atomic E-state index is 11.3. The minimum Gasteiger partial charge on any atom is -0.469 e. The molecule has 96 valence electrons. The second-order valence-corrected chi connectivity index (χ2v) is 4.98. The number of aryl methyl sites for hydroxylation is 1. The van der Waals surface area contributed by atoms with Gasteiger partial charge in [0, 0.05) is 11.4 Å². The smallest absolute Gasteiger partial charge is 0.309 e. The highest BCUT2D eigenvalue weighted by Gasteiger charge is 2.15. The highest BCUT2D eigenvalue weighted by Crippen LogP contribution is 2.21. The number of methoxy groups -OCH3 is 1. The molecule has 0 N–H and O–H groups in total. The van der Waals surface area contributed by atoms with Gasteiger partial charge in [-0.25, -0.2) is 4.98 Å². The van der Waals surface area contributed by atoms with Crippen LogP contribution < -0.4 is 0 Å². The number of hydrogen-bond acceptors (Lipinski definition) is 6. The molecule has 0 saturated carbocycles. The molecule has 2 aromatic heterocycles. The van der Waals surface area contributed by atoms with Gasteiger partial charge in [0.15, 0.2) is 0 Å². The Morgan fingerprint density at radius 1 is 1.61 bits per heavy atom. The van der Waals surface area contributed by atoms with Crippen molar-refractivity contribution in [2.24, 2.45) is 5.92 Å². The van der Waals surface area contributed by atoms with E-state index in [4.69, 9.17) is 4.74 Å². The van der Waals surface area contributed by atoms with Gasteiger partial charge < -0.3 is 4.74 Å². The number of aromatic nitrogens is 4. The molecule has 0 aliphatic heterocycles. The lowest BCUT2D eigenvalue weighted by Gasteiger charge is -2.09. The number of nitrogens with zero attached hydrogens (tertiary/aromatic N) is 4. The lowest BCUT2D eigenvalue weighted by atomic mass is 10.2. The van der Waals surface area contributed by atoms with E-state index in [-0.39, 0.29) is 11.9 Å². The van der Waals surface area contributed by atoms with Crippen molar-refractivity contribution in [3.05, 3.63) is 18.1 Å². The minimum absolute atomic E-state index is 0.160. The Morgan fingerprint density at radius 3 is 3.11 bits per heavy atom. The normalized spacial score (nSPS) is 12.6. The zero-order chi connectivity index (χ0) is 13.1. The average Bonchev–Trinajstić information content (AvgIpc) is 2.82. The van der Waals surface area contributed by atoms with Gasteiger partial charge in [-0.15, -0.1) is 11.8 Å². The standard InChI is InChI=1S/C11H14N4O2S/c1-7(10(16)17-3)5-18-9-4-8(2)14-11-12-6-13-15(9)11/h4,6-7H,5H2,1-3H3. The van der Waals surface area contributed by atoms with Crippen LogP contribution in [-0.2, 0) is 9.53 Å². The number of carbonyl (C=O) groups is 1. The zero-order valence-corrected chi connectivity index (χ0v) is 11.3. The van der Waals surface area contributed by atoms with E-state index >= 15 is 0 Å². The van der Waals surface area contributed by atoms with Crippen LogP contribution in [0, 0.1) is 12.8 Å². The Bertz CT molecular complexity index is 569. The van der Waals surface area contributed by atoms with Gasteiger partial charge in [0.25, 0.3) is 5.78 Å². The maximum absolute atomic E-state index is 11.3. The molecule has 0 radical (unpaired) electrons. The SMILES string of the molecule is COC(=O)C(C)CSc1cc(C)nc2ncnn12. The van der Waals surface area contributed by atoms with Gasteiger partial charge in [0.1, 0.15) is 11.4 Å². The largest absolute Gasteiger partial charge is 0.469 e. The van der Waals surface area contributed by atoms with Crippen molar-refractivity contribution >= 4 is 23.5 Å². The quantitative estimate of drug-likeness (QED) is 0.472. The summed E-state index contributed by atoms with van der Waals surface area (Å²) in [7, 11) is 1.40. The van der Waals surface area contributed by atoms with Crippen molar-refractivity contribution in [2.45, 2.75) is 18.9 Å². The summed E-state index contributed by atoms with van der Waals surface area (Å²) in [5, 5.41) is 5.03. The third-order valence-electron chi connectivity index (χ3n) is 2.43. The number of rotatable bonds is 4. The topological polar surface area (TPSA) is 69.4 Å². The molecule has 0 amide bonds. The molecule has 0 bridgehead atoms. The number of fused-ring (bicyclic) bond motifs is 1. The lowest BCUT2D eigenvalue weighted by Crippen LogP contribution is -2.15. The van der Waals surface area contributed by atoms with E-state index < -0.39 is 0 Å². The van der Waals surface area contributed by atoms with E-state index in [9.17, 15) is 4.79 Å². The van der Waals surface area contributed by atoms with Crippen molar-refractivity contribution in [1.29, 1.82) is 0 Å². The summed E-state index contributed by atoms with van der Waals surface area (Å²) < 4.78 is 6.37. The fourth-order valence-corrected chi connectivity index (χ4v) is 2.54. The molecule has 1 atom stereocenters. The molecule has 2 rings (SSSR count). The number of esters is 1. The Hall–Kier alpha value is -1.63. The third kappa shape index (κ3) is 2.61. The van der Waals surface area contributed by atoms with Gasteiger partial charge in [-0.1, -0.05) is 6.92 Å². The van der Waals surface area contributed by atoms with Crippen molar-refractivity contribution < 1.29 is 9.53 Å². The second kappa shape index (κ2) is 5.34. The fraction of sp³-hybridized carbons (Fsp3) is 0.455. The van der Waals surface area contributed by atoms with Crippen molar-refractivity contribution in [3.8, 4) is 0 Å². The maximum Gasteiger partial charge on any atom is 0.309 e.